The highest BCUT2D eigenvalue weighted by Crippen LogP contribution is 2.30. The summed E-state index contributed by atoms with van der Waals surface area (Å²) in [6.45, 7) is 1.88. The topological polar surface area (TPSA) is 81.4 Å². The first-order valence-corrected chi connectivity index (χ1v) is 9.61. The molecular formula is C18H17ClN2O4S. The molecule has 136 valence electrons. The maximum atomic E-state index is 12.7. The molecule has 3 aromatic rings. The molecule has 8 heteroatoms. The summed E-state index contributed by atoms with van der Waals surface area (Å²) in [6.07, 6.45) is 0. The maximum absolute atomic E-state index is 12.7. The summed E-state index contributed by atoms with van der Waals surface area (Å²) in [5, 5.41) is 4.33. The van der Waals surface area contributed by atoms with Gasteiger partial charge in [0.2, 0.25) is 10.0 Å². The van der Waals surface area contributed by atoms with Gasteiger partial charge in [-0.3, -0.25) is 0 Å². The highest BCUT2D eigenvalue weighted by atomic mass is 35.5. The van der Waals surface area contributed by atoms with Crippen LogP contribution in [0.15, 0.2) is 57.9 Å². The third-order valence-corrected chi connectivity index (χ3v) is 5.59. The summed E-state index contributed by atoms with van der Waals surface area (Å²) >= 11 is 6.07. The first kappa shape index (κ1) is 18.4. The lowest BCUT2D eigenvalue weighted by Gasteiger charge is -2.12. The number of nitrogens with zero attached hydrogens (tertiary/aromatic N) is 1. The molecule has 6 nitrogen and oxygen atoms in total. The Morgan fingerprint density at radius 3 is 2.62 bits per heavy atom. The van der Waals surface area contributed by atoms with Gasteiger partial charge in [-0.2, -0.15) is 0 Å². The van der Waals surface area contributed by atoms with Crippen molar-refractivity contribution in [3.63, 3.8) is 0 Å². The summed E-state index contributed by atoms with van der Waals surface area (Å²) in [5.74, 6) is 0.747. The van der Waals surface area contributed by atoms with Crippen LogP contribution in [0.1, 0.15) is 11.3 Å². The van der Waals surface area contributed by atoms with E-state index in [1.54, 1.807) is 42.5 Å². The van der Waals surface area contributed by atoms with Gasteiger partial charge in [-0.1, -0.05) is 35.0 Å². The SMILES string of the molecule is COc1cc(-c2cc(C)no2)ccc1S(=O)(=O)NCc1ccccc1Cl. The predicted molar refractivity (Wildman–Crippen MR) is 98.7 cm³/mol. The van der Waals surface area contributed by atoms with E-state index in [9.17, 15) is 8.42 Å². The van der Waals surface area contributed by atoms with Crippen LogP contribution in [-0.4, -0.2) is 20.7 Å². The zero-order chi connectivity index (χ0) is 18.7. The molecule has 3 rings (SSSR count). The van der Waals surface area contributed by atoms with Crippen LogP contribution in [0.25, 0.3) is 11.3 Å². The Morgan fingerprint density at radius 2 is 1.96 bits per heavy atom. The van der Waals surface area contributed by atoms with Gasteiger partial charge >= 0.3 is 0 Å². The van der Waals surface area contributed by atoms with Crippen LogP contribution in [0.5, 0.6) is 5.75 Å². The van der Waals surface area contributed by atoms with Gasteiger partial charge in [0.1, 0.15) is 10.6 Å². The predicted octanol–water partition coefficient (Wildman–Crippen LogP) is 3.79. The fraction of sp³-hybridized carbons (Fsp3) is 0.167. The van der Waals surface area contributed by atoms with E-state index in [0.717, 1.165) is 5.69 Å². The fourth-order valence-corrected chi connectivity index (χ4v) is 3.79. The minimum absolute atomic E-state index is 0.0343. The second kappa shape index (κ2) is 7.49. The van der Waals surface area contributed by atoms with Crippen molar-refractivity contribution >= 4 is 21.6 Å². The van der Waals surface area contributed by atoms with Crippen molar-refractivity contribution in [3.05, 3.63) is 64.8 Å². The number of rotatable bonds is 6. The molecule has 0 aliphatic heterocycles. The van der Waals surface area contributed by atoms with Crippen LogP contribution < -0.4 is 9.46 Å². The van der Waals surface area contributed by atoms with Crippen LogP contribution in [0.3, 0.4) is 0 Å². The Hall–Kier alpha value is -2.35. The minimum Gasteiger partial charge on any atom is -0.495 e. The maximum Gasteiger partial charge on any atom is 0.244 e. The number of methoxy groups -OCH3 is 1. The average Bonchev–Trinajstić information content (AvgIpc) is 3.07. The van der Waals surface area contributed by atoms with E-state index in [1.165, 1.54) is 13.2 Å². The molecule has 1 N–H and O–H groups in total. The van der Waals surface area contributed by atoms with Gasteiger partial charge in [-0.25, -0.2) is 13.1 Å². The molecule has 2 aromatic carbocycles. The number of aryl methyl sites for hydroxylation is 1. The zero-order valence-corrected chi connectivity index (χ0v) is 15.8. The lowest BCUT2D eigenvalue weighted by atomic mass is 10.1. The first-order valence-electron chi connectivity index (χ1n) is 7.75. The van der Waals surface area contributed by atoms with E-state index in [-0.39, 0.29) is 17.2 Å². The first-order chi connectivity index (χ1) is 12.4. The monoisotopic (exact) mass is 392 g/mol. The number of hydrogen-bond donors (Lipinski definition) is 1. The van der Waals surface area contributed by atoms with Gasteiger partial charge in [-0.05, 0) is 36.8 Å². The third-order valence-electron chi connectivity index (χ3n) is 3.78. The van der Waals surface area contributed by atoms with Crippen molar-refractivity contribution in [1.29, 1.82) is 0 Å². The summed E-state index contributed by atoms with van der Waals surface area (Å²) in [6, 6.07) is 13.5. The minimum atomic E-state index is -3.79. The third kappa shape index (κ3) is 3.90. The van der Waals surface area contributed by atoms with Crippen molar-refractivity contribution in [2.24, 2.45) is 0 Å². The van der Waals surface area contributed by atoms with Crippen LogP contribution in [-0.2, 0) is 16.6 Å². The summed E-state index contributed by atoms with van der Waals surface area (Å²) < 4.78 is 38.4. The Kier molecular flexibility index (Phi) is 5.31. The van der Waals surface area contributed by atoms with Crippen molar-refractivity contribution < 1.29 is 17.7 Å². The van der Waals surface area contributed by atoms with Crippen LogP contribution in [0.4, 0.5) is 0 Å². The number of ether oxygens (including phenoxy) is 1. The van der Waals surface area contributed by atoms with Gasteiger partial charge < -0.3 is 9.26 Å². The molecule has 0 amide bonds. The molecule has 0 saturated carbocycles. The van der Waals surface area contributed by atoms with Crippen molar-refractivity contribution in [2.75, 3.05) is 7.11 Å². The molecular weight excluding hydrogens is 376 g/mol. The van der Waals surface area contributed by atoms with E-state index in [1.807, 2.05) is 6.92 Å². The van der Waals surface area contributed by atoms with E-state index in [2.05, 4.69) is 9.88 Å². The van der Waals surface area contributed by atoms with Gasteiger partial charge in [0, 0.05) is 23.2 Å². The lowest BCUT2D eigenvalue weighted by molar-refractivity contribution is 0.401. The summed E-state index contributed by atoms with van der Waals surface area (Å²) in [5.41, 5.74) is 2.09. The van der Waals surface area contributed by atoms with E-state index < -0.39 is 10.0 Å². The molecule has 1 aromatic heterocycles. The molecule has 0 atom stereocenters. The molecule has 0 spiro atoms. The Bertz CT molecular complexity index is 1030. The Balaban J connectivity index is 1.88. The quantitative estimate of drug-likeness (QED) is 0.690. The fourth-order valence-electron chi connectivity index (χ4n) is 2.43. The molecule has 0 fully saturated rings. The standard InChI is InChI=1S/C18H17ClN2O4S/c1-12-9-16(25-21-12)13-7-8-18(17(10-13)24-2)26(22,23)20-11-14-5-3-4-6-15(14)19/h3-10,20H,11H2,1-2H3. The molecule has 0 unspecified atom stereocenters. The van der Waals surface area contributed by atoms with Crippen molar-refractivity contribution in [3.8, 4) is 17.1 Å². The van der Waals surface area contributed by atoms with Crippen molar-refractivity contribution in [1.82, 2.24) is 9.88 Å². The summed E-state index contributed by atoms with van der Waals surface area (Å²) in [7, 11) is -2.38. The molecule has 0 aliphatic rings. The lowest BCUT2D eigenvalue weighted by Crippen LogP contribution is -2.24. The second-order valence-electron chi connectivity index (χ2n) is 5.61. The smallest absolute Gasteiger partial charge is 0.244 e. The largest absolute Gasteiger partial charge is 0.495 e. The molecule has 0 aliphatic carbocycles. The molecule has 1 heterocycles. The van der Waals surface area contributed by atoms with Crippen LogP contribution in [0.2, 0.25) is 5.02 Å². The normalized spacial score (nSPS) is 11.5. The van der Waals surface area contributed by atoms with Crippen LogP contribution in [0, 0.1) is 6.92 Å². The van der Waals surface area contributed by atoms with Gasteiger partial charge in [0.05, 0.1) is 12.8 Å². The van der Waals surface area contributed by atoms with E-state index in [4.69, 9.17) is 20.9 Å². The highest BCUT2D eigenvalue weighted by Gasteiger charge is 2.21. The number of benzene rings is 2. The number of hydrogen-bond acceptors (Lipinski definition) is 5. The Morgan fingerprint density at radius 1 is 1.19 bits per heavy atom. The van der Waals surface area contributed by atoms with Gasteiger partial charge in [0.15, 0.2) is 5.76 Å². The number of halogens is 1. The van der Waals surface area contributed by atoms with Crippen LogP contribution >= 0.6 is 11.6 Å². The van der Waals surface area contributed by atoms with Gasteiger partial charge in [-0.15, -0.1) is 0 Å². The molecule has 0 radical (unpaired) electrons. The highest BCUT2D eigenvalue weighted by molar-refractivity contribution is 7.89. The number of nitrogens with one attached hydrogen (secondary N) is 1. The number of sulfonamides is 1. The molecule has 0 bridgehead atoms. The average molecular weight is 393 g/mol. The zero-order valence-electron chi connectivity index (χ0n) is 14.2. The van der Waals surface area contributed by atoms with E-state index >= 15 is 0 Å². The summed E-state index contributed by atoms with van der Waals surface area (Å²) in [4.78, 5) is 0.0343. The van der Waals surface area contributed by atoms with Gasteiger partial charge in [0.25, 0.3) is 0 Å². The molecule has 26 heavy (non-hydrogen) atoms. The van der Waals surface area contributed by atoms with E-state index in [0.29, 0.717) is 21.9 Å². The Labute approximate surface area is 156 Å². The second-order valence-corrected chi connectivity index (χ2v) is 7.76. The molecule has 0 saturated heterocycles. The van der Waals surface area contributed by atoms with Crippen molar-refractivity contribution in [2.45, 2.75) is 18.4 Å². The number of aromatic nitrogens is 1.